The molecular formula is C27H24N2O4. The number of hydrogen-bond acceptors (Lipinski definition) is 5. The van der Waals surface area contributed by atoms with E-state index in [4.69, 9.17) is 14.2 Å². The lowest BCUT2D eigenvalue weighted by Gasteiger charge is -2.29. The van der Waals surface area contributed by atoms with Gasteiger partial charge in [0.05, 0.1) is 25.0 Å². The number of rotatable bonds is 7. The summed E-state index contributed by atoms with van der Waals surface area (Å²) in [4.78, 5) is 16.5. The molecule has 1 aromatic heterocycles. The number of carbonyl (C=O) groups is 1. The van der Waals surface area contributed by atoms with Crippen molar-refractivity contribution in [1.29, 1.82) is 0 Å². The number of hydrogen-bond donors (Lipinski definition) is 0. The molecule has 0 N–H and O–H groups in total. The topological polar surface area (TPSA) is 62.6 Å². The van der Waals surface area contributed by atoms with Crippen molar-refractivity contribution in [2.24, 2.45) is 0 Å². The van der Waals surface area contributed by atoms with Crippen LogP contribution in [0.5, 0.6) is 0 Å². The first-order chi connectivity index (χ1) is 16.2. The molecule has 5 rings (SSSR count). The van der Waals surface area contributed by atoms with Gasteiger partial charge in [-0.1, -0.05) is 72.8 Å². The van der Waals surface area contributed by atoms with E-state index in [1.807, 2.05) is 47.2 Å². The highest BCUT2D eigenvalue weighted by molar-refractivity contribution is 5.89. The van der Waals surface area contributed by atoms with Gasteiger partial charge in [-0.2, -0.15) is 0 Å². The fraction of sp³-hybridized carbons (Fsp3) is 0.185. The highest BCUT2D eigenvalue weighted by Crippen LogP contribution is 2.37. The van der Waals surface area contributed by atoms with Gasteiger partial charge in [0.2, 0.25) is 5.79 Å². The van der Waals surface area contributed by atoms with E-state index in [0.29, 0.717) is 18.7 Å². The molecule has 4 aromatic rings. The standard InChI is InChI=1S/C27H24N2O4/c30-26(23-9-5-2-6-10-23)31-17-25-18-32-27(33-25,19-29-16-15-28-20-29)24-13-11-22(12-14-24)21-7-3-1-4-8-21/h1-16,20,25H,17-19H2. The summed E-state index contributed by atoms with van der Waals surface area (Å²) in [6, 6.07) is 27.3. The summed E-state index contributed by atoms with van der Waals surface area (Å²) >= 11 is 0. The van der Waals surface area contributed by atoms with Crippen molar-refractivity contribution in [3.8, 4) is 11.1 Å². The van der Waals surface area contributed by atoms with Crippen LogP contribution in [-0.2, 0) is 26.5 Å². The van der Waals surface area contributed by atoms with Crippen molar-refractivity contribution in [3.05, 3.63) is 115 Å². The van der Waals surface area contributed by atoms with Gasteiger partial charge in [0.15, 0.2) is 0 Å². The third kappa shape index (κ3) is 4.72. The first-order valence-electron chi connectivity index (χ1n) is 10.9. The van der Waals surface area contributed by atoms with E-state index in [2.05, 4.69) is 29.2 Å². The van der Waals surface area contributed by atoms with Gasteiger partial charge >= 0.3 is 5.97 Å². The third-order valence-corrected chi connectivity index (χ3v) is 5.65. The molecule has 2 heterocycles. The van der Waals surface area contributed by atoms with E-state index < -0.39 is 5.79 Å². The Morgan fingerprint density at radius 1 is 0.970 bits per heavy atom. The second kappa shape index (κ2) is 9.40. The first kappa shape index (κ1) is 21.1. The molecule has 0 bridgehead atoms. The van der Waals surface area contributed by atoms with E-state index in [-0.39, 0.29) is 18.7 Å². The second-order valence-electron chi connectivity index (χ2n) is 7.95. The van der Waals surface area contributed by atoms with Gasteiger partial charge in [-0.3, -0.25) is 0 Å². The Bertz CT molecular complexity index is 1180. The van der Waals surface area contributed by atoms with Crippen LogP contribution < -0.4 is 0 Å². The van der Waals surface area contributed by atoms with Crippen LogP contribution >= 0.6 is 0 Å². The van der Waals surface area contributed by atoms with Crippen molar-refractivity contribution in [2.45, 2.75) is 18.4 Å². The van der Waals surface area contributed by atoms with Crippen LogP contribution in [0.2, 0.25) is 0 Å². The first-order valence-corrected chi connectivity index (χ1v) is 10.9. The SMILES string of the molecule is O=C(OCC1COC(Cn2ccnc2)(c2ccc(-c3ccccc3)cc2)O1)c1ccccc1. The average Bonchev–Trinajstić information content (AvgIpc) is 3.55. The van der Waals surface area contributed by atoms with Crippen LogP contribution in [0, 0.1) is 0 Å². The molecule has 3 aromatic carbocycles. The highest BCUT2D eigenvalue weighted by Gasteiger charge is 2.44. The van der Waals surface area contributed by atoms with E-state index >= 15 is 0 Å². The number of ether oxygens (including phenoxy) is 3. The van der Waals surface area contributed by atoms with Crippen LogP contribution in [0.25, 0.3) is 11.1 Å². The lowest BCUT2D eigenvalue weighted by molar-refractivity contribution is -0.190. The van der Waals surface area contributed by atoms with Crippen molar-refractivity contribution in [2.75, 3.05) is 13.2 Å². The minimum atomic E-state index is -1.00. The fourth-order valence-electron chi connectivity index (χ4n) is 3.97. The zero-order valence-corrected chi connectivity index (χ0v) is 18.0. The summed E-state index contributed by atoms with van der Waals surface area (Å²) in [5, 5.41) is 0. The zero-order chi connectivity index (χ0) is 22.5. The van der Waals surface area contributed by atoms with E-state index in [9.17, 15) is 4.79 Å². The summed E-state index contributed by atoms with van der Waals surface area (Å²) in [7, 11) is 0. The fourth-order valence-corrected chi connectivity index (χ4v) is 3.97. The molecule has 0 saturated carbocycles. The molecule has 1 aliphatic rings. The number of aromatic nitrogens is 2. The van der Waals surface area contributed by atoms with Gasteiger partial charge in [0.25, 0.3) is 0 Å². The largest absolute Gasteiger partial charge is 0.459 e. The lowest BCUT2D eigenvalue weighted by atomic mass is 10.00. The molecule has 1 fully saturated rings. The number of imidazole rings is 1. The number of esters is 1. The van der Waals surface area contributed by atoms with E-state index in [1.165, 1.54) is 0 Å². The third-order valence-electron chi connectivity index (χ3n) is 5.65. The van der Waals surface area contributed by atoms with Crippen molar-refractivity contribution < 1.29 is 19.0 Å². The molecule has 166 valence electrons. The summed E-state index contributed by atoms with van der Waals surface area (Å²) in [6.45, 7) is 0.861. The smallest absolute Gasteiger partial charge is 0.338 e. The summed E-state index contributed by atoms with van der Waals surface area (Å²) < 4.78 is 20.0. The number of nitrogens with zero attached hydrogens (tertiary/aromatic N) is 2. The summed E-state index contributed by atoms with van der Waals surface area (Å²) in [6.07, 6.45) is 4.95. The van der Waals surface area contributed by atoms with Gasteiger partial charge in [-0.15, -0.1) is 0 Å². The lowest BCUT2D eigenvalue weighted by Crippen LogP contribution is -2.34. The van der Waals surface area contributed by atoms with Gasteiger partial charge in [-0.25, -0.2) is 9.78 Å². The van der Waals surface area contributed by atoms with Gasteiger partial charge < -0.3 is 18.8 Å². The Morgan fingerprint density at radius 3 is 2.36 bits per heavy atom. The normalized spacial score (nSPS) is 19.9. The minimum Gasteiger partial charge on any atom is -0.459 e. The second-order valence-corrected chi connectivity index (χ2v) is 7.95. The van der Waals surface area contributed by atoms with Crippen LogP contribution in [0.3, 0.4) is 0 Å². The molecule has 2 atom stereocenters. The molecule has 1 saturated heterocycles. The number of benzene rings is 3. The molecular weight excluding hydrogens is 416 g/mol. The molecule has 0 aliphatic carbocycles. The Hall–Kier alpha value is -3.74. The Kier molecular flexibility index (Phi) is 6.02. The molecule has 2 unspecified atom stereocenters. The maximum absolute atomic E-state index is 12.3. The zero-order valence-electron chi connectivity index (χ0n) is 18.0. The molecule has 0 spiro atoms. The molecule has 0 radical (unpaired) electrons. The minimum absolute atomic E-state index is 0.113. The summed E-state index contributed by atoms with van der Waals surface area (Å²) in [5.74, 6) is -1.38. The maximum atomic E-state index is 12.3. The predicted octanol–water partition coefficient (Wildman–Crippen LogP) is 4.68. The Labute approximate surface area is 192 Å². The molecule has 1 aliphatic heterocycles. The van der Waals surface area contributed by atoms with Crippen molar-refractivity contribution in [1.82, 2.24) is 9.55 Å². The Morgan fingerprint density at radius 2 is 1.67 bits per heavy atom. The van der Waals surface area contributed by atoms with Crippen LogP contribution in [-0.4, -0.2) is 34.8 Å². The highest BCUT2D eigenvalue weighted by atomic mass is 16.8. The summed E-state index contributed by atoms with van der Waals surface area (Å²) in [5.41, 5.74) is 3.67. The van der Waals surface area contributed by atoms with Gasteiger partial charge in [-0.05, 0) is 23.3 Å². The molecule has 0 amide bonds. The van der Waals surface area contributed by atoms with Crippen LogP contribution in [0.15, 0.2) is 104 Å². The maximum Gasteiger partial charge on any atom is 0.338 e. The molecule has 6 heteroatoms. The van der Waals surface area contributed by atoms with Gasteiger partial charge in [0, 0.05) is 18.0 Å². The predicted molar refractivity (Wildman–Crippen MR) is 123 cm³/mol. The van der Waals surface area contributed by atoms with Crippen LogP contribution in [0.1, 0.15) is 15.9 Å². The van der Waals surface area contributed by atoms with E-state index in [1.54, 1.807) is 36.8 Å². The Balaban J connectivity index is 1.33. The van der Waals surface area contributed by atoms with E-state index in [0.717, 1.165) is 16.7 Å². The van der Waals surface area contributed by atoms with Crippen LogP contribution in [0.4, 0.5) is 0 Å². The number of carbonyl (C=O) groups excluding carboxylic acids is 1. The molecule has 33 heavy (non-hydrogen) atoms. The molecule has 6 nitrogen and oxygen atoms in total. The average molecular weight is 440 g/mol. The quantitative estimate of drug-likeness (QED) is 0.391. The monoisotopic (exact) mass is 440 g/mol. The van der Waals surface area contributed by atoms with Crippen molar-refractivity contribution >= 4 is 5.97 Å². The van der Waals surface area contributed by atoms with Gasteiger partial charge in [0.1, 0.15) is 12.7 Å². The van der Waals surface area contributed by atoms with Crippen molar-refractivity contribution in [3.63, 3.8) is 0 Å².